The van der Waals surface area contributed by atoms with Crippen LogP contribution >= 0.6 is 0 Å². The average molecular weight is 482 g/mol. The molecule has 0 spiro atoms. The summed E-state index contributed by atoms with van der Waals surface area (Å²) in [6.07, 6.45) is 5.99. The largest absolute Gasteiger partial charge is 0.493 e. The summed E-state index contributed by atoms with van der Waals surface area (Å²) in [6.45, 7) is 4.08. The molecule has 2 aromatic carbocycles. The molecule has 1 heterocycles. The van der Waals surface area contributed by atoms with Gasteiger partial charge < -0.3 is 23.8 Å². The third-order valence-electron chi connectivity index (χ3n) is 5.94. The van der Waals surface area contributed by atoms with Crippen molar-refractivity contribution in [2.75, 3.05) is 20.8 Å². The van der Waals surface area contributed by atoms with E-state index in [1.54, 1.807) is 48.5 Å². The standard InChI is InChI=1S/C27H31NO7/c1-18-6-5-7-19(2)28(18)25(29)17-34-22-12-10-21(11-13-22)27(31)35-23-14-8-20(16-24(23)32-3)9-15-26(30)33-4/h8-16,18-19H,5-7,17H2,1-4H3/b15-9+. The molecule has 0 aromatic heterocycles. The second-order valence-corrected chi connectivity index (χ2v) is 8.40. The number of piperidine rings is 1. The van der Waals surface area contributed by atoms with Gasteiger partial charge in [-0.25, -0.2) is 9.59 Å². The summed E-state index contributed by atoms with van der Waals surface area (Å²) in [4.78, 5) is 38.4. The minimum atomic E-state index is -0.570. The van der Waals surface area contributed by atoms with Crippen LogP contribution in [0.5, 0.6) is 17.2 Å². The van der Waals surface area contributed by atoms with Crippen LogP contribution in [-0.2, 0) is 14.3 Å². The number of benzene rings is 2. The van der Waals surface area contributed by atoms with Crippen molar-refractivity contribution in [1.82, 2.24) is 4.90 Å². The summed E-state index contributed by atoms with van der Waals surface area (Å²) in [7, 11) is 2.75. The SMILES string of the molecule is COC(=O)/C=C/c1ccc(OC(=O)c2ccc(OCC(=O)N3C(C)CCCC3C)cc2)c(OC)c1. The van der Waals surface area contributed by atoms with E-state index >= 15 is 0 Å². The van der Waals surface area contributed by atoms with Crippen LogP contribution in [0.3, 0.4) is 0 Å². The summed E-state index contributed by atoms with van der Waals surface area (Å²) < 4.78 is 21.0. The number of likely N-dealkylation sites (tertiary alicyclic amines) is 1. The number of hydrogen-bond donors (Lipinski definition) is 0. The third kappa shape index (κ3) is 6.85. The van der Waals surface area contributed by atoms with E-state index in [-0.39, 0.29) is 30.3 Å². The van der Waals surface area contributed by atoms with E-state index in [0.717, 1.165) is 19.3 Å². The molecule has 0 bridgehead atoms. The van der Waals surface area contributed by atoms with Gasteiger partial charge in [-0.1, -0.05) is 6.07 Å². The van der Waals surface area contributed by atoms with E-state index in [1.165, 1.54) is 20.3 Å². The van der Waals surface area contributed by atoms with Crippen LogP contribution < -0.4 is 14.2 Å². The van der Waals surface area contributed by atoms with Gasteiger partial charge >= 0.3 is 11.9 Å². The number of amides is 1. The molecule has 2 aromatic rings. The molecule has 3 rings (SSSR count). The van der Waals surface area contributed by atoms with Gasteiger partial charge in [-0.3, -0.25) is 4.79 Å². The van der Waals surface area contributed by atoms with Gasteiger partial charge in [0.25, 0.3) is 5.91 Å². The van der Waals surface area contributed by atoms with Crippen LogP contribution in [0, 0.1) is 0 Å². The molecule has 8 heteroatoms. The Bertz CT molecular complexity index is 1070. The molecule has 2 atom stereocenters. The van der Waals surface area contributed by atoms with E-state index < -0.39 is 11.9 Å². The number of methoxy groups -OCH3 is 2. The van der Waals surface area contributed by atoms with Crippen molar-refractivity contribution in [2.45, 2.75) is 45.2 Å². The highest BCUT2D eigenvalue weighted by Gasteiger charge is 2.29. The lowest BCUT2D eigenvalue weighted by Crippen LogP contribution is -2.49. The minimum absolute atomic E-state index is 0.0369. The van der Waals surface area contributed by atoms with Crippen LogP contribution in [0.2, 0.25) is 0 Å². The van der Waals surface area contributed by atoms with Crippen molar-refractivity contribution < 1.29 is 33.3 Å². The molecule has 0 radical (unpaired) electrons. The van der Waals surface area contributed by atoms with Gasteiger partial charge in [0.1, 0.15) is 5.75 Å². The van der Waals surface area contributed by atoms with Crippen LogP contribution in [0.25, 0.3) is 6.08 Å². The fourth-order valence-corrected chi connectivity index (χ4v) is 4.08. The predicted molar refractivity (Wildman–Crippen MR) is 131 cm³/mol. The van der Waals surface area contributed by atoms with Crippen LogP contribution in [0.1, 0.15) is 49.0 Å². The molecular formula is C27H31NO7. The zero-order valence-corrected chi connectivity index (χ0v) is 20.5. The highest BCUT2D eigenvalue weighted by atomic mass is 16.6. The number of carbonyl (C=O) groups excluding carboxylic acids is 3. The molecule has 2 unspecified atom stereocenters. The highest BCUT2D eigenvalue weighted by Crippen LogP contribution is 2.29. The van der Waals surface area contributed by atoms with Crippen molar-refractivity contribution in [3.8, 4) is 17.2 Å². The molecule has 1 amide bonds. The van der Waals surface area contributed by atoms with Gasteiger partial charge in [0.15, 0.2) is 18.1 Å². The van der Waals surface area contributed by atoms with Gasteiger partial charge in [-0.05, 0) is 81.1 Å². The first-order valence-corrected chi connectivity index (χ1v) is 11.5. The quantitative estimate of drug-likeness (QED) is 0.316. The topological polar surface area (TPSA) is 91.4 Å². The minimum Gasteiger partial charge on any atom is -0.493 e. The van der Waals surface area contributed by atoms with Crippen LogP contribution in [0.15, 0.2) is 48.5 Å². The maximum atomic E-state index is 12.6. The van der Waals surface area contributed by atoms with Crippen molar-refractivity contribution in [3.63, 3.8) is 0 Å². The van der Waals surface area contributed by atoms with Crippen molar-refractivity contribution in [2.24, 2.45) is 0 Å². The normalized spacial score (nSPS) is 17.7. The summed E-state index contributed by atoms with van der Waals surface area (Å²) >= 11 is 0. The lowest BCUT2D eigenvalue weighted by atomic mass is 9.97. The Balaban J connectivity index is 1.59. The zero-order chi connectivity index (χ0) is 25.4. The third-order valence-corrected chi connectivity index (χ3v) is 5.94. The first kappa shape index (κ1) is 25.8. The van der Waals surface area contributed by atoms with E-state index in [0.29, 0.717) is 22.6 Å². The van der Waals surface area contributed by atoms with E-state index in [4.69, 9.17) is 14.2 Å². The predicted octanol–water partition coefficient (Wildman–Crippen LogP) is 4.27. The van der Waals surface area contributed by atoms with E-state index in [1.807, 2.05) is 4.90 Å². The highest BCUT2D eigenvalue weighted by molar-refractivity contribution is 5.91. The Morgan fingerprint density at radius 3 is 2.29 bits per heavy atom. The smallest absolute Gasteiger partial charge is 0.343 e. The summed E-state index contributed by atoms with van der Waals surface area (Å²) in [6, 6.07) is 11.7. The number of ether oxygens (including phenoxy) is 4. The van der Waals surface area contributed by atoms with Gasteiger partial charge in [0.2, 0.25) is 0 Å². The molecule has 0 aliphatic carbocycles. The molecule has 0 saturated carbocycles. The number of nitrogens with zero attached hydrogens (tertiary/aromatic N) is 1. The molecular weight excluding hydrogens is 450 g/mol. The summed E-state index contributed by atoms with van der Waals surface area (Å²) in [5.41, 5.74) is 0.995. The second kappa shape index (κ2) is 12.1. The lowest BCUT2D eigenvalue weighted by molar-refractivity contribution is -0.139. The first-order chi connectivity index (χ1) is 16.8. The number of rotatable bonds is 8. The molecule has 1 fully saturated rings. The van der Waals surface area contributed by atoms with Gasteiger partial charge in [0, 0.05) is 18.2 Å². The van der Waals surface area contributed by atoms with E-state index in [9.17, 15) is 14.4 Å². The van der Waals surface area contributed by atoms with Crippen molar-refractivity contribution >= 4 is 23.9 Å². The Kier molecular flexibility index (Phi) is 8.89. The van der Waals surface area contributed by atoms with Crippen LogP contribution in [-0.4, -0.2) is 55.7 Å². The molecule has 8 nitrogen and oxygen atoms in total. The Hall–Kier alpha value is -3.81. The monoisotopic (exact) mass is 481 g/mol. The number of carbonyl (C=O) groups is 3. The van der Waals surface area contributed by atoms with E-state index in [2.05, 4.69) is 18.6 Å². The molecule has 1 saturated heterocycles. The van der Waals surface area contributed by atoms with Crippen molar-refractivity contribution in [3.05, 3.63) is 59.7 Å². The molecule has 0 N–H and O–H groups in total. The summed E-state index contributed by atoms with van der Waals surface area (Å²) in [5.74, 6) is -0.0169. The Morgan fingerprint density at radius 2 is 1.66 bits per heavy atom. The molecule has 35 heavy (non-hydrogen) atoms. The summed E-state index contributed by atoms with van der Waals surface area (Å²) in [5, 5.41) is 0. The molecule has 1 aliphatic heterocycles. The van der Waals surface area contributed by atoms with Gasteiger partial charge in [-0.15, -0.1) is 0 Å². The fourth-order valence-electron chi connectivity index (χ4n) is 4.08. The first-order valence-electron chi connectivity index (χ1n) is 11.5. The molecule has 186 valence electrons. The maximum Gasteiger partial charge on any atom is 0.343 e. The van der Waals surface area contributed by atoms with Crippen molar-refractivity contribution in [1.29, 1.82) is 0 Å². The lowest BCUT2D eigenvalue weighted by Gasteiger charge is -2.38. The second-order valence-electron chi connectivity index (χ2n) is 8.40. The van der Waals surface area contributed by atoms with Gasteiger partial charge in [0.05, 0.1) is 19.8 Å². The number of esters is 2. The van der Waals surface area contributed by atoms with Gasteiger partial charge in [-0.2, -0.15) is 0 Å². The Labute approximate surface area is 205 Å². The zero-order valence-electron chi connectivity index (χ0n) is 20.5. The average Bonchev–Trinajstić information content (AvgIpc) is 2.86. The fraction of sp³-hybridized carbons (Fsp3) is 0.370. The Morgan fingerprint density at radius 1 is 0.971 bits per heavy atom. The van der Waals surface area contributed by atoms with Crippen LogP contribution in [0.4, 0.5) is 0 Å². The maximum absolute atomic E-state index is 12.6. The molecule has 1 aliphatic rings. The number of hydrogen-bond acceptors (Lipinski definition) is 7.